The molecule has 0 fully saturated rings. The summed E-state index contributed by atoms with van der Waals surface area (Å²) in [5, 5.41) is 8.54. The summed E-state index contributed by atoms with van der Waals surface area (Å²) in [7, 11) is -3.60. The highest BCUT2D eigenvalue weighted by Crippen LogP contribution is 2.24. The summed E-state index contributed by atoms with van der Waals surface area (Å²) in [5.41, 5.74) is 1.08. The van der Waals surface area contributed by atoms with E-state index in [0.717, 1.165) is 5.56 Å². The van der Waals surface area contributed by atoms with Crippen LogP contribution in [0.25, 0.3) is 0 Å². The van der Waals surface area contributed by atoms with Crippen molar-refractivity contribution < 1.29 is 8.42 Å². The van der Waals surface area contributed by atoms with Gasteiger partial charge in [-0.15, -0.1) is 10.2 Å². The molecule has 7 heteroatoms. The number of nitrogens with zero attached hydrogens (tertiary/aromatic N) is 2. The maximum absolute atomic E-state index is 12.2. The molecule has 2 rings (SSSR count). The SMILES string of the molecule is Cc1nnc(NS(=O)(=O)c2ccc(C(C)(C)C)cc2)s1. The average Bonchev–Trinajstić information content (AvgIpc) is 2.73. The van der Waals surface area contributed by atoms with Gasteiger partial charge >= 0.3 is 0 Å². The largest absolute Gasteiger partial charge is 0.263 e. The first-order valence-electron chi connectivity index (χ1n) is 6.12. The third-order valence-electron chi connectivity index (χ3n) is 2.78. The van der Waals surface area contributed by atoms with Gasteiger partial charge in [-0.05, 0) is 30.0 Å². The summed E-state index contributed by atoms with van der Waals surface area (Å²) < 4.78 is 26.8. The minimum Gasteiger partial charge on any atom is -0.253 e. The van der Waals surface area contributed by atoms with Gasteiger partial charge in [0.05, 0.1) is 4.90 Å². The van der Waals surface area contributed by atoms with Gasteiger partial charge in [-0.25, -0.2) is 8.42 Å². The van der Waals surface area contributed by atoms with Gasteiger partial charge in [0, 0.05) is 0 Å². The zero-order valence-electron chi connectivity index (χ0n) is 11.8. The Kier molecular flexibility index (Phi) is 3.84. The molecule has 0 aliphatic heterocycles. The van der Waals surface area contributed by atoms with Crippen molar-refractivity contribution in [3.8, 4) is 0 Å². The average molecular weight is 311 g/mol. The van der Waals surface area contributed by atoms with Crippen molar-refractivity contribution in [1.29, 1.82) is 0 Å². The van der Waals surface area contributed by atoms with Crippen LogP contribution in [0.5, 0.6) is 0 Å². The fraction of sp³-hybridized carbons (Fsp3) is 0.385. The first kappa shape index (κ1) is 14.9. The Morgan fingerprint density at radius 3 is 2.15 bits per heavy atom. The van der Waals surface area contributed by atoms with Crippen molar-refractivity contribution in [2.24, 2.45) is 0 Å². The highest BCUT2D eigenvalue weighted by atomic mass is 32.2. The van der Waals surface area contributed by atoms with E-state index in [1.165, 1.54) is 11.3 Å². The summed E-state index contributed by atoms with van der Waals surface area (Å²) in [5.74, 6) is 0. The maximum Gasteiger partial charge on any atom is 0.263 e. The lowest BCUT2D eigenvalue weighted by atomic mass is 9.87. The molecule has 1 aromatic carbocycles. The normalized spacial score (nSPS) is 12.4. The van der Waals surface area contributed by atoms with E-state index in [2.05, 4.69) is 35.7 Å². The standard InChI is InChI=1S/C13H17N3O2S2/c1-9-14-15-12(19-9)16-20(17,18)11-7-5-10(6-8-11)13(2,3)4/h5-8H,1-4H3,(H,15,16). The molecule has 2 aromatic rings. The fourth-order valence-corrected chi connectivity index (χ4v) is 3.47. The molecule has 0 saturated carbocycles. The van der Waals surface area contributed by atoms with Crippen molar-refractivity contribution in [3.05, 3.63) is 34.8 Å². The second kappa shape index (κ2) is 5.14. The number of sulfonamides is 1. The van der Waals surface area contributed by atoms with E-state index in [1.807, 2.05) is 12.1 Å². The Morgan fingerprint density at radius 2 is 1.70 bits per heavy atom. The minimum atomic E-state index is -3.60. The molecule has 0 spiro atoms. The van der Waals surface area contributed by atoms with Crippen molar-refractivity contribution in [2.75, 3.05) is 4.72 Å². The van der Waals surface area contributed by atoms with E-state index in [4.69, 9.17) is 0 Å². The highest BCUT2D eigenvalue weighted by molar-refractivity contribution is 7.93. The van der Waals surface area contributed by atoms with Crippen LogP contribution in [-0.4, -0.2) is 18.6 Å². The van der Waals surface area contributed by atoms with Crippen LogP contribution < -0.4 is 4.72 Å². The number of hydrogen-bond donors (Lipinski definition) is 1. The molecule has 0 atom stereocenters. The predicted octanol–water partition coefficient (Wildman–Crippen LogP) is 2.94. The Labute approximate surface area is 123 Å². The van der Waals surface area contributed by atoms with Crippen LogP contribution in [0.4, 0.5) is 5.13 Å². The monoisotopic (exact) mass is 311 g/mol. The van der Waals surface area contributed by atoms with Gasteiger partial charge in [0.2, 0.25) is 5.13 Å². The molecule has 0 radical (unpaired) electrons. The molecular weight excluding hydrogens is 294 g/mol. The van der Waals surface area contributed by atoms with E-state index in [-0.39, 0.29) is 15.4 Å². The summed E-state index contributed by atoms with van der Waals surface area (Å²) >= 11 is 1.20. The van der Waals surface area contributed by atoms with Crippen molar-refractivity contribution >= 4 is 26.5 Å². The van der Waals surface area contributed by atoms with E-state index in [9.17, 15) is 8.42 Å². The van der Waals surface area contributed by atoms with Crippen LogP contribution in [0.2, 0.25) is 0 Å². The lowest BCUT2D eigenvalue weighted by Gasteiger charge is -2.19. The van der Waals surface area contributed by atoms with Crippen LogP contribution in [0.15, 0.2) is 29.2 Å². The van der Waals surface area contributed by atoms with Crippen LogP contribution in [0.1, 0.15) is 31.3 Å². The van der Waals surface area contributed by atoms with Gasteiger partial charge < -0.3 is 0 Å². The summed E-state index contributed by atoms with van der Waals surface area (Å²) in [4.78, 5) is 0.221. The molecular formula is C13H17N3O2S2. The zero-order valence-corrected chi connectivity index (χ0v) is 13.5. The quantitative estimate of drug-likeness (QED) is 0.946. The predicted molar refractivity (Wildman–Crippen MR) is 80.6 cm³/mol. The Balaban J connectivity index is 2.26. The number of nitrogens with one attached hydrogen (secondary N) is 1. The van der Waals surface area contributed by atoms with Gasteiger partial charge in [-0.3, -0.25) is 4.72 Å². The Hall–Kier alpha value is -1.47. The minimum absolute atomic E-state index is 0.00788. The molecule has 0 saturated heterocycles. The second-order valence-corrected chi connectivity index (χ2v) is 8.37. The summed E-state index contributed by atoms with van der Waals surface area (Å²) in [6.45, 7) is 8.02. The van der Waals surface area contributed by atoms with E-state index in [0.29, 0.717) is 5.01 Å². The third kappa shape index (κ3) is 3.34. The first-order valence-corrected chi connectivity index (χ1v) is 8.42. The first-order chi connectivity index (χ1) is 9.18. The van der Waals surface area contributed by atoms with Crippen molar-refractivity contribution in [3.63, 3.8) is 0 Å². The van der Waals surface area contributed by atoms with Gasteiger partial charge in [-0.2, -0.15) is 0 Å². The zero-order chi connectivity index (χ0) is 15.0. The lowest BCUT2D eigenvalue weighted by molar-refractivity contribution is 0.587. The smallest absolute Gasteiger partial charge is 0.253 e. The molecule has 108 valence electrons. The molecule has 0 bridgehead atoms. The topological polar surface area (TPSA) is 72.0 Å². The molecule has 1 heterocycles. The van der Waals surface area contributed by atoms with E-state index < -0.39 is 10.0 Å². The molecule has 0 aliphatic rings. The molecule has 1 aromatic heterocycles. The molecule has 5 nitrogen and oxygen atoms in total. The Bertz CT molecular complexity index is 698. The molecule has 0 aliphatic carbocycles. The van der Waals surface area contributed by atoms with Gasteiger partial charge in [0.15, 0.2) is 0 Å². The van der Waals surface area contributed by atoms with Crippen LogP contribution in [0.3, 0.4) is 0 Å². The van der Waals surface area contributed by atoms with Crippen molar-refractivity contribution in [2.45, 2.75) is 38.0 Å². The van der Waals surface area contributed by atoms with E-state index in [1.54, 1.807) is 19.1 Å². The molecule has 20 heavy (non-hydrogen) atoms. The summed E-state index contributed by atoms with van der Waals surface area (Å²) in [6.07, 6.45) is 0. The van der Waals surface area contributed by atoms with Gasteiger partial charge in [0.25, 0.3) is 10.0 Å². The van der Waals surface area contributed by atoms with Crippen molar-refractivity contribution in [1.82, 2.24) is 10.2 Å². The lowest BCUT2D eigenvalue weighted by Crippen LogP contribution is -2.14. The van der Waals surface area contributed by atoms with Gasteiger partial charge in [-0.1, -0.05) is 44.2 Å². The van der Waals surface area contributed by atoms with Crippen LogP contribution in [0, 0.1) is 6.92 Å². The third-order valence-corrected chi connectivity index (χ3v) is 5.02. The molecule has 0 amide bonds. The molecule has 0 unspecified atom stereocenters. The van der Waals surface area contributed by atoms with Crippen LogP contribution in [-0.2, 0) is 15.4 Å². The molecule has 1 N–H and O–H groups in total. The number of rotatable bonds is 3. The number of aryl methyl sites for hydroxylation is 1. The highest BCUT2D eigenvalue weighted by Gasteiger charge is 2.18. The second-order valence-electron chi connectivity index (χ2n) is 5.51. The van der Waals surface area contributed by atoms with Crippen LogP contribution >= 0.6 is 11.3 Å². The Morgan fingerprint density at radius 1 is 1.10 bits per heavy atom. The number of aromatic nitrogens is 2. The number of hydrogen-bond acceptors (Lipinski definition) is 5. The number of anilines is 1. The number of benzene rings is 1. The van der Waals surface area contributed by atoms with Gasteiger partial charge in [0.1, 0.15) is 5.01 Å². The van der Waals surface area contributed by atoms with E-state index >= 15 is 0 Å². The maximum atomic E-state index is 12.2. The summed E-state index contributed by atoms with van der Waals surface area (Å²) in [6, 6.07) is 6.88. The fourth-order valence-electron chi connectivity index (χ4n) is 1.65.